The summed E-state index contributed by atoms with van der Waals surface area (Å²) in [5.74, 6) is 1.60. The van der Waals surface area contributed by atoms with E-state index in [0.717, 1.165) is 51.9 Å². The van der Waals surface area contributed by atoms with E-state index >= 15 is 0 Å². The van der Waals surface area contributed by atoms with Gasteiger partial charge < -0.3 is 19.6 Å². The highest BCUT2D eigenvalue weighted by Gasteiger charge is 2.29. The molecule has 1 aromatic rings. The molecule has 0 aliphatic carbocycles. The van der Waals surface area contributed by atoms with Gasteiger partial charge in [-0.25, -0.2) is 0 Å². The van der Waals surface area contributed by atoms with Gasteiger partial charge in [0.25, 0.3) is 0 Å². The van der Waals surface area contributed by atoms with Crippen LogP contribution in [0.5, 0.6) is 0 Å². The van der Waals surface area contributed by atoms with Gasteiger partial charge in [0.2, 0.25) is 11.8 Å². The summed E-state index contributed by atoms with van der Waals surface area (Å²) in [4.78, 5) is 28.8. The lowest BCUT2D eigenvalue weighted by Crippen LogP contribution is -2.44. The molecule has 3 heterocycles. The van der Waals surface area contributed by atoms with Crippen molar-refractivity contribution < 1.29 is 14.1 Å². The third-order valence-electron chi connectivity index (χ3n) is 5.16. The number of hydrogen-bond acceptors (Lipinski definition) is 5. The number of rotatable bonds is 5. The maximum Gasteiger partial charge on any atom is 0.226 e. The Morgan fingerprint density at radius 1 is 1.20 bits per heavy atom. The number of hydrogen-bond donors (Lipinski definition) is 1. The summed E-state index contributed by atoms with van der Waals surface area (Å²) in [6.07, 6.45) is 5.77. The average Bonchev–Trinajstić information content (AvgIpc) is 3.05. The van der Waals surface area contributed by atoms with Crippen LogP contribution in [-0.4, -0.2) is 59.5 Å². The molecule has 2 aliphatic heterocycles. The molecule has 1 N–H and O–H groups in total. The summed E-state index contributed by atoms with van der Waals surface area (Å²) in [6, 6.07) is 1.70. The molecule has 1 aromatic heterocycles. The average molecular weight is 348 g/mol. The second kappa shape index (κ2) is 8.47. The topological polar surface area (TPSA) is 78.7 Å². The van der Waals surface area contributed by atoms with Gasteiger partial charge in [-0.05, 0) is 52.1 Å². The minimum atomic E-state index is -0.0557. The van der Waals surface area contributed by atoms with Crippen LogP contribution in [0.15, 0.2) is 10.6 Å². The second-order valence-corrected chi connectivity index (χ2v) is 7.12. The van der Waals surface area contributed by atoms with Crippen LogP contribution in [0.4, 0.5) is 5.82 Å². The second-order valence-electron chi connectivity index (χ2n) is 7.12. The smallest absolute Gasteiger partial charge is 0.226 e. The molecule has 7 nitrogen and oxygen atoms in total. The highest BCUT2D eigenvalue weighted by Crippen LogP contribution is 2.22. The lowest BCUT2D eigenvalue weighted by molar-refractivity contribution is -0.138. The molecule has 2 aliphatic rings. The van der Waals surface area contributed by atoms with Crippen LogP contribution in [0, 0.1) is 12.8 Å². The van der Waals surface area contributed by atoms with Crippen molar-refractivity contribution in [2.24, 2.45) is 5.92 Å². The predicted octanol–water partition coefficient (Wildman–Crippen LogP) is 2.04. The molecule has 2 saturated heterocycles. The largest absolute Gasteiger partial charge is 0.360 e. The first-order chi connectivity index (χ1) is 12.1. The fraction of sp³-hybridized carbons (Fsp3) is 0.722. The first-order valence-corrected chi connectivity index (χ1v) is 9.36. The van der Waals surface area contributed by atoms with Gasteiger partial charge in [-0.1, -0.05) is 5.16 Å². The summed E-state index contributed by atoms with van der Waals surface area (Å²) in [5.41, 5.74) is 0. The molecule has 25 heavy (non-hydrogen) atoms. The molecule has 0 aromatic carbocycles. The Morgan fingerprint density at radius 2 is 1.92 bits per heavy atom. The van der Waals surface area contributed by atoms with Crippen molar-refractivity contribution >= 4 is 17.6 Å². The molecule has 0 atom stereocenters. The first kappa shape index (κ1) is 17.9. The number of aromatic nitrogens is 1. The highest BCUT2D eigenvalue weighted by atomic mass is 16.5. The Labute approximate surface area is 148 Å². The summed E-state index contributed by atoms with van der Waals surface area (Å²) >= 11 is 0. The third kappa shape index (κ3) is 5.04. The number of piperidine rings is 2. The van der Waals surface area contributed by atoms with Gasteiger partial charge >= 0.3 is 0 Å². The Kier molecular flexibility index (Phi) is 6.07. The normalized spacial score (nSPS) is 19.8. The Balaban J connectivity index is 1.36. The van der Waals surface area contributed by atoms with Gasteiger partial charge in [0.1, 0.15) is 5.76 Å². The van der Waals surface area contributed by atoms with Crippen molar-refractivity contribution in [3.63, 3.8) is 0 Å². The Hall–Kier alpha value is -1.89. The highest BCUT2D eigenvalue weighted by molar-refractivity contribution is 5.89. The van der Waals surface area contributed by atoms with Crippen LogP contribution < -0.4 is 5.32 Å². The van der Waals surface area contributed by atoms with Crippen molar-refractivity contribution in [3.05, 3.63) is 11.8 Å². The molecule has 2 amide bonds. The fourth-order valence-corrected chi connectivity index (χ4v) is 3.67. The molecular formula is C18H28N4O3. The maximum atomic E-state index is 12.6. The molecule has 7 heteroatoms. The van der Waals surface area contributed by atoms with Crippen LogP contribution in [0.25, 0.3) is 0 Å². The first-order valence-electron chi connectivity index (χ1n) is 9.36. The minimum absolute atomic E-state index is 0.0557. The van der Waals surface area contributed by atoms with Crippen molar-refractivity contribution in [2.75, 3.05) is 38.0 Å². The van der Waals surface area contributed by atoms with Gasteiger partial charge in [0.15, 0.2) is 5.82 Å². The number of amides is 2. The van der Waals surface area contributed by atoms with E-state index in [1.165, 1.54) is 6.42 Å². The van der Waals surface area contributed by atoms with E-state index in [-0.39, 0.29) is 11.8 Å². The lowest BCUT2D eigenvalue weighted by atomic mass is 9.94. The zero-order valence-electron chi connectivity index (χ0n) is 15.0. The van der Waals surface area contributed by atoms with E-state index < -0.39 is 0 Å². The van der Waals surface area contributed by atoms with Crippen LogP contribution >= 0.6 is 0 Å². The summed E-state index contributed by atoms with van der Waals surface area (Å²) in [5, 5.41) is 6.50. The lowest BCUT2D eigenvalue weighted by Gasteiger charge is -2.35. The van der Waals surface area contributed by atoms with E-state index in [1.54, 1.807) is 13.0 Å². The van der Waals surface area contributed by atoms with Gasteiger partial charge in [0.05, 0.1) is 0 Å². The zero-order chi connectivity index (χ0) is 17.6. The molecule has 0 saturated carbocycles. The molecule has 2 fully saturated rings. The fourth-order valence-electron chi connectivity index (χ4n) is 3.67. The number of anilines is 1. The minimum Gasteiger partial charge on any atom is -0.360 e. The van der Waals surface area contributed by atoms with E-state index in [4.69, 9.17) is 4.52 Å². The quantitative estimate of drug-likeness (QED) is 0.881. The van der Waals surface area contributed by atoms with E-state index in [9.17, 15) is 9.59 Å². The summed E-state index contributed by atoms with van der Waals surface area (Å²) in [6.45, 7) is 6.15. The molecule has 0 unspecified atom stereocenters. The molecule has 138 valence electrons. The Morgan fingerprint density at radius 3 is 2.56 bits per heavy atom. The zero-order valence-corrected chi connectivity index (χ0v) is 15.0. The maximum absolute atomic E-state index is 12.6. The van der Waals surface area contributed by atoms with Crippen LogP contribution in [0.1, 0.15) is 44.3 Å². The number of nitrogens with one attached hydrogen (secondary N) is 1. The van der Waals surface area contributed by atoms with Crippen LogP contribution in [-0.2, 0) is 9.59 Å². The summed E-state index contributed by atoms with van der Waals surface area (Å²) in [7, 11) is 0. The van der Waals surface area contributed by atoms with Crippen LogP contribution in [0.2, 0.25) is 0 Å². The van der Waals surface area contributed by atoms with E-state index in [1.807, 2.05) is 0 Å². The molecule has 0 radical (unpaired) electrons. The summed E-state index contributed by atoms with van der Waals surface area (Å²) < 4.78 is 4.93. The number of likely N-dealkylation sites (tertiary alicyclic amines) is 2. The van der Waals surface area contributed by atoms with E-state index in [2.05, 4.69) is 20.3 Å². The van der Waals surface area contributed by atoms with Crippen LogP contribution in [0.3, 0.4) is 0 Å². The van der Waals surface area contributed by atoms with Gasteiger partial charge in [-0.15, -0.1) is 0 Å². The van der Waals surface area contributed by atoms with Crippen molar-refractivity contribution in [3.8, 4) is 0 Å². The van der Waals surface area contributed by atoms with Gasteiger partial charge in [-0.3, -0.25) is 9.59 Å². The standard InChI is InChI=1S/C18H28N4O3/c1-14-13-16(20-25-14)19-17(23)7-12-21-10-5-15(6-11-21)18(24)22-8-3-2-4-9-22/h13,15H,2-12H2,1H3,(H,19,20,23). The van der Waals surface area contributed by atoms with Crippen molar-refractivity contribution in [1.29, 1.82) is 0 Å². The molecule has 0 spiro atoms. The number of nitrogens with zero attached hydrogens (tertiary/aromatic N) is 3. The monoisotopic (exact) mass is 348 g/mol. The Bertz CT molecular complexity index is 587. The number of carbonyl (C=O) groups excluding carboxylic acids is 2. The molecular weight excluding hydrogens is 320 g/mol. The van der Waals surface area contributed by atoms with Crippen molar-refractivity contribution in [2.45, 2.75) is 45.4 Å². The third-order valence-corrected chi connectivity index (χ3v) is 5.16. The van der Waals surface area contributed by atoms with E-state index in [0.29, 0.717) is 30.5 Å². The predicted molar refractivity (Wildman–Crippen MR) is 94.1 cm³/mol. The van der Waals surface area contributed by atoms with Crippen molar-refractivity contribution in [1.82, 2.24) is 15.0 Å². The van der Waals surface area contributed by atoms with Gasteiger partial charge in [0, 0.05) is 38.0 Å². The number of aryl methyl sites for hydroxylation is 1. The molecule has 3 rings (SSSR count). The van der Waals surface area contributed by atoms with Gasteiger partial charge in [-0.2, -0.15) is 0 Å². The molecule has 0 bridgehead atoms. The number of carbonyl (C=O) groups is 2. The SMILES string of the molecule is Cc1cc(NC(=O)CCN2CCC(C(=O)N3CCCCC3)CC2)no1.